The second kappa shape index (κ2) is 7.78. The first-order chi connectivity index (χ1) is 10.6. The number of amides is 2. The summed E-state index contributed by atoms with van der Waals surface area (Å²) in [5, 5.41) is 2.63. The van der Waals surface area contributed by atoms with Crippen LogP contribution in [0.2, 0.25) is 0 Å². The van der Waals surface area contributed by atoms with Gasteiger partial charge >= 0.3 is 0 Å². The van der Waals surface area contributed by atoms with Crippen molar-refractivity contribution in [2.45, 2.75) is 12.5 Å². The van der Waals surface area contributed by atoms with Crippen molar-refractivity contribution in [2.75, 3.05) is 0 Å². The van der Waals surface area contributed by atoms with Gasteiger partial charge in [0.1, 0.15) is 6.04 Å². The highest BCUT2D eigenvalue weighted by Gasteiger charge is 2.17. The van der Waals surface area contributed by atoms with E-state index in [1.165, 1.54) is 6.08 Å². The molecule has 0 fully saturated rings. The molecule has 0 heterocycles. The van der Waals surface area contributed by atoms with Gasteiger partial charge in [0, 0.05) is 12.5 Å². The maximum atomic E-state index is 11.9. The summed E-state index contributed by atoms with van der Waals surface area (Å²) in [4.78, 5) is 23.4. The lowest BCUT2D eigenvalue weighted by molar-refractivity contribution is -0.124. The third-order valence-electron chi connectivity index (χ3n) is 3.17. The van der Waals surface area contributed by atoms with E-state index in [1.807, 2.05) is 60.7 Å². The number of carbonyl (C=O) groups excluding carboxylic acids is 2. The maximum Gasteiger partial charge on any atom is 0.244 e. The first-order valence-electron chi connectivity index (χ1n) is 7.02. The van der Waals surface area contributed by atoms with Crippen molar-refractivity contribution in [1.82, 2.24) is 5.32 Å². The maximum absolute atomic E-state index is 11.9. The van der Waals surface area contributed by atoms with Gasteiger partial charge in [-0.3, -0.25) is 9.59 Å². The number of hydrogen-bond donors (Lipinski definition) is 2. The van der Waals surface area contributed by atoms with Gasteiger partial charge in [-0.25, -0.2) is 0 Å². The van der Waals surface area contributed by atoms with Crippen LogP contribution in [0.15, 0.2) is 66.7 Å². The van der Waals surface area contributed by atoms with Crippen molar-refractivity contribution in [3.05, 3.63) is 77.9 Å². The molecule has 3 N–H and O–H groups in total. The second-order valence-electron chi connectivity index (χ2n) is 4.90. The zero-order chi connectivity index (χ0) is 15.8. The van der Waals surface area contributed by atoms with Crippen LogP contribution in [-0.2, 0) is 16.0 Å². The fourth-order valence-corrected chi connectivity index (χ4v) is 2.03. The predicted octanol–water partition coefficient (Wildman–Crippen LogP) is 1.91. The van der Waals surface area contributed by atoms with Gasteiger partial charge in [-0.2, -0.15) is 0 Å². The van der Waals surface area contributed by atoms with Gasteiger partial charge in [-0.1, -0.05) is 60.7 Å². The van der Waals surface area contributed by atoms with Gasteiger partial charge in [0.25, 0.3) is 0 Å². The van der Waals surface area contributed by atoms with E-state index in [2.05, 4.69) is 5.32 Å². The minimum absolute atomic E-state index is 0.344. The zero-order valence-electron chi connectivity index (χ0n) is 12.1. The topological polar surface area (TPSA) is 72.2 Å². The van der Waals surface area contributed by atoms with E-state index in [1.54, 1.807) is 6.08 Å². The molecule has 0 saturated heterocycles. The molecule has 0 bridgehead atoms. The number of nitrogens with two attached hydrogens (primary N) is 1. The van der Waals surface area contributed by atoms with Gasteiger partial charge in [0.05, 0.1) is 0 Å². The van der Waals surface area contributed by atoms with Crippen LogP contribution in [0.5, 0.6) is 0 Å². The summed E-state index contributed by atoms with van der Waals surface area (Å²) in [6, 6.07) is 18.2. The number of carbonyl (C=O) groups is 2. The highest BCUT2D eigenvalue weighted by Crippen LogP contribution is 2.04. The van der Waals surface area contributed by atoms with Crippen molar-refractivity contribution < 1.29 is 9.59 Å². The molecule has 2 rings (SSSR count). The summed E-state index contributed by atoms with van der Waals surface area (Å²) < 4.78 is 0. The first-order valence-corrected chi connectivity index (χ1v) is 7.02. The number of benzene rings is 2. The van der Waals surface area contributed by atoms with Gasteiger partial charge in [0.15, 0.2) is 0 Å². The molecule has 0 aliphatic carbocycles. The summed E-state index contributed by atoms with van der Waals surface area (Å²) in [5.74, 6) is -0.895. The molecular weight excluding hydrogens is 276 g/mol. The predicted molar refractivity (Wildman–Crippen MR) is 86.7 cm³/mol. The van der Waals surface area contributed by atoms with Crippen LogP contribution in [0.4, 0.5) is 0 Å². The van der Waals surface area contributed by atoms with E-state index in [4.69, 9.17) is 5.73 Å². The zero-order valence-corrected chi connectivity index (χ0v) is 12.1. The van der Waals surface area contributed by atoms with Crippen LogP contribution >= 0.6 is 0 Å². The molecule has 2 aromatic carbocycles. The Kier molecular flexibility index (Phi) is 5.49. The third kappa shape index (κ3) is 4.90. The van der Waals surface area contributed by atoms with Crippen LogP contribution < -0.4 is 11.1 Å². The van der Waals surface area contributed by atoms with Gasteiger partial charge < -0.3 is 11.1 Å². The Morgan fingerprint density at radius 1 is 1.00 bits per heavy atom. The van der Waals surface area contributed by atoms with E-state index in [9.17, 15) is 9.59 Å². The van der Waals surface area contributed by atoms with Crippen LogP contribution in [0.3, 0.4) is 0 Å². The number of primary amides is 1. The second-order valence-corrected chi connectivity index (χ2v) is 4.90. The number of nitrogens with one attached hydrogen (secondary N) is 1. The Balaban J connectivity index is 1.97. The molecule has 22 heavy (non-hydrogen) atoms. The smallest absolute Gasteiger partial charge is 0.244 e. The Morgan fingerprint density at radius 2 is 1.59 bits per heavy atom. The molecule has 0 saturated carbocycles. The SMILES string of the molecule is NC(=O)C(Cc1ccccc1)NC(=O)C=Cc1ccccc1. The van der Waals surface area contributed by atoms with Crippen LogP contribution in [0.25, 0.3) is 6.08 Å². The molecule has 2 amide bonds. The molecule has 1 unspecified atom stereocenters. The average Bonchev–Trinajstić information content (AvgIpc) is 2.54. The Morgan fingerprint density at radius 3 is 2.18 bits per heavy atom. The van der Waals surface area contributed by atoms with Crippen molar-refractivity contribution in [3.8, 4) is 0 Å². The highest BCUT2D eigenvalue weighted by atomic mass is 16.2. The number of hydrogen-bond acceptors (Lipinski definition) is 2. The minimum atomic E-state index is -0.727. The molecule has 1 atom stereocenters. The lowest BCUT2D eigenvalue weighted by atomic mass is 10.1. The van der Waals surface area contributed by atoms with Gasteiger partial charge in [-0.15, -0.1) is 0 Å². The Bertz CT molecular complexity index is 651. The van der Waals surface area contributed by atoms with Crippen molar-refractivity contribution in [3.63, 3.8) is 0 Å². The lowest BCUT2D eigenvalue weighted by Gasteiger charge is -2.14. The molecule has 0 aliphatic heterocycles. The standard InChI is InChI=1S/C18H18N2O2/c19-18(22)16(13-15-9-5-2-6-10-15)20-17(21)12-11-14-7-3-1-4-8-14/h1-12,16H,13H2,(H2,19,22)(H,20,21). The van der Waals surface area contributed by atoms with Crippen LogP contribution in [-0.4, -0.2) is 17.9 Å². The molecule has 0 spiro atoms. The van der Waals surface area contributed by atoms with Crippen molar-refractivity contribution >= 4 is 17.9 Å². The van der Waals surface area contributed by atoms with Crippen molar-refractivity contribution in [2.24, 2.45) is 5.73 Å². The van der Waals surface area contributed by atoms with Gasteiger partial charge in [-0.05, 0) is 17.2 Å². The van der Waals surface area contributed by atoms with Crippen molar-refractivity contribution in [1.29, 1.82) is 0 Å². The summed E-state index contributed by atoms with van der Waals surface area (Å²) in [6.45, 7) is 0. The van der Waals surface area contributed by atoms with E-state index in [-0.39, 0.29) is 5.91 Å². The first kappa shape index (κ1) is 15.5. The normalized spacial score (nSPS) is 12.0. The molecule has 2 aromatic rings. The van der Waals surface area contributed by atoms with E-state index in [0.29, 0.717) is 6.42 Å². The highest BCUT2D eigenvalue weighted by molar-refractivity contribution is 5.95. The molecule has 0 aliphatic rings. The largest absolute Gasteiger partial charge is 0.368 e. The van der Waals surface area contributed by atoms with E-state index in [0.717, 1.165) is 11.1 Å². The Labute approximate surface area is 129 Å². The summed E-state index contributed by atoms with van der Waals surface area (Å²) in [6.07, 6.45) is 3.47. The number of rotatable bonds is 6. The minimum Gasteiger partial charge on any atom is -0.368 e. The molecule has 0 aromatic heterocycles. The van der Waals surface area contributed by atoms with E-state index < -0.39 is 11.9 Å². The molecular formula is C18H18N2O2. The van der Waals surface area contributed by atoms with E-state index >= 15 is 0 Å². The fourth-order valence-electron chi connectivity index (χ4n) is 2.03. The summed E-state index contributed by atoms with van der Waals surface area (Å²) in [5.41, 5.74) is 7.22. The molecule has 112 valence electrons. The molecule has 0 radical (unpaired) electrons. The van der Waals surface area contributed by atoms with Crippen LogP contribution in [0.1, 0.15) is 11.1 Å². The van der Waals surface area contributed by atoms with Crippen LogP contribution in [0, 0.1) is 0 Å². The summed E-state index contributed by atoms with van der Waals surface area (Å²) in [7, 11) is 0. The average molecular weight is 294 g/mol. The Hall–Kier alpha value is -2.88. The lowest BCUT2D eigenvalue weighted by Crippen LogP contribution is -2.45. The third-order valence-corrected chi connectivity index (χ3v) is 3.17. The molecule has 4 heteroatoms. The van der Waals surface area contributed by atoms with Gasteiger partial charge in [0.2, 0.25) is 11.8 Å². The molecule has 4 nitrogen and oxygen atoms in total. The fraction of sp³-hybridized carbons (Fsp3) is 0.111. The monoisotopic (exact) mass is 294 g/mol. The summed E-state index contributed by atoms with van der Waals surface area (Å²) >= 11 is 0. The quantitative estimate of drug-likeness (QED) is 0.799.